The molecule has 1 saturated heterocycles. The van der Waals surface area contributed by atoms with Crippen LogP contribution < -0.4 is 5.32 Å². The van der Waals surface area contributed by atoms with Crippen LogP contribution in [-0.2, 0) is 6.18 Å². The second-order valence-electron chi connectivity index (χ2n) is 6.87. The first kappa shape index (κ1) is 19.6. The molecule has 0 aliphatic carbocycles. The molecule has 1 N–H and O–H groups in total. The molecule has 0 radical (unpaired) electrons. The molecule has 6 nitrogen and oxygen atoms in total. The fraction of sp³-hybridized carbons (Fsp3) is 0.368. The number of hydrogen-bond donors (Lipinski definition) is 1. The van der Waals surface area contributed by atoms with Crippen LogP contribution in [0, 0.1) is 0 Å². The van der Waals surface area contributed by atoms with Gasteiger partial charge in [-0.05, 0) is 37.5 Å². The first-order chi connectivity index (χ1) is 13.8. The molecule has 152 valence electrons. The molecule has 1 atom stereocenters. The van der Waals surface area contributed by atoms with E-state index in [4.69, 9.17) is 0 Å². The third-order valence-corrected chi connectivity index (χ3v) is 5.95. The maximum atomic E-state index is 13.2. The van der Waals surface area contributed by atoms with Crippen molar-refractivity contribution in [2.45, 2.75) is 32.0 Å². The number of alkyl halides is 3. The number of likely N-dealkylation sites (tertiary alicyclic amines) is 1. The number of thiophene rings is 1. The fourth-order valence-electron chi connectivity index (χ4n) is 3.26. The van der Waals surface area contributed by atoms with Crippen molar-refractivity contribution in [2.24, 2.45) is 0 Å². The van der Waals surface area contributed by atoms with Gasteiger partial charge in [0, 0.05) is 25.5 Å². The minimum atomic E-state index is -4.50. The molecule has 29 heavy (non-hydrogen) atoms. The van der Waals surface area contributed by atoms with E-state index in [0.29, 0.717) is 24.4 Å². The van der Waals surface area contributed by atoms with E-state index >= 15 is 0 Å². The highest BCUT2D eigenvalue weighted by atomic mass is 32.1. The second kappa shape index (κ2) is 7.58. The van der Waals surface area contributed by atoms with Gasteiger partial charge in [-0.15, -0.1) is 11.3 Å². The van der Waals surface area contributed by atoms with Crippen molar-refractivity contribution in [1.82, 2.24) is 19.9 Å². The number of fused-ring (bicyclic) bond motifs is 1. The third kappa shape index (κ3) is 4.02. The van der Waals surface area contributed by atoms with Crippen LogP contribution in [0.2, 0.25) is 0 Å². The van der Waals surface area contributed by atoms with Gasteiger partial charge in [0.05, 0.1) is 16.3 Å². The van der Waals surface area contributed by atoms with E-state index in [1.54, 1.807) is 23.4 Å². The first-order valence-electron chi connectivity index (χ1n) is 9.17. The van der Waals surface area contributed by atoms with E-state index in [1.807, 2.05) is 13.0 Å². The van der Waals surface area contributed by atoms with Crippen molar-refractivity contribution in [1.29, 1.82) is 0 Å². The van der Waals surface area contributed by atoms with Crippen LogP contribution in [0.3, 0.4) is 0 Å². The van der Waals surface area contributed by atoms with Gasteiger partial charge >= 0.3 is 6.18 Å². The maximum Gasteiger partial charge on any atom is 0.425 e. The normalized spacial score (nSPS) is 15.7. The summed E-state index contributed by atoms with van der Waals surface area (Å²) in [5, 5.41) is 3.07. The van der Waals surface area contributed by atoms with Crippen LogP contribution >= 0.6 is 11.3 Å². The Hall–Kier alpha value is -2.75. The van der Waals surface area contributed by atoms with Gasteiger partial charge in [-0.1, -0.05) is 6.07 Å². The number of carbonyl (C=O) groups excluding carboxylic acids is 1. The van der Waals surface area contributed by atoms with Crippen molar-refractivity contribution in [2.75, 3.05) is 18.4 Å². The number of amides is 1. The Labute approximate surface area is 168 Å². The zero-order chi connectivity index (χ0) is 20.6. The summed E-state index contributed by atoms with van der Waals surface area (Å²) >= 11 is 0.507. The Kier molecular flexibility index (Phi) is 5.12. The molecule has 0 aromatic carbocycles. The summed E-state index contributed by atoms with van der Waals surface area (Å²) in [5.74, 6) is -0.245. The first-order valence-corrected chi connectivity index (χ1v) is 9.99. The topological polar surface area (TPSA) is 71.0 Å². The predicted octanol–water partition coefficient (Wildman–Crippen LogP) is 4.51. The predicted molar refractivity (Wildman–Crippen MR) is 104 cm³/mol. The Morgan fingerprint density at radius 1 is 1.28 bits per heavy atom. The number of rotatable bonds is 4. The zero-order valence-electron chi connectivity index (χ0n) is 15.5. The van der Waals surface area contributed by atoms with E-state index in [-0.39, 0.29) is 33.8 Å². The van der Waals surface area contributed by atoms with Gasteiger partial charge in [-0.2, -0.15) is 13.2 Å². The molecule has 0 spiro atoms. The lowest BCUT2D eigenvalue weighted by Crippen LogP contribution is -2.28. The van der Waals surface area contributed by atoms with Crippen molar-refractivity contribution in [3.8, 4) is 0 Å². The molecule has 1 aliphatic rings. The Morgan fingerprint density at radius 3 is 2.69 bits per heavy atom. The molecule has 1 amide bonds. The number of hydrogen-bond acceptors (Lipinski definition) is 6. The van der Waals surface area contributed by atoms with E-state index in [2.05, 4.69) is 20.3 Å². The van der Waals surface area contributed by atoms with Gasteiger partial charge in [0.2, 0.25) is 5.95 Å². The molecule has 3 aromatic heterocycles. The van der Waals surface area contributed by atoms with Crippen LogP contribution in [0.4, 0.5) is 19.1 Å². The van der Waals surface area contributed by atoms with Gasteiger partial charge in [0.15, 0.2) is 5.69 Å². The summed E-state index contributed by atoms with van der Waals surface area (Å²) < 4.78 is 39.9. The van der Waals surface area contributed by atoms with Crippen LogP contribution in [0.5, 0.6) is 0 Å². The molecule has 0 bridgehead atoms. The standard InChI is InChI=1S/C19H18F3N5OS/c1-11(12-5-4-6-23-10-12)24-18-25-13-9-14(19(20,21)22)29-16(13)15(26-18)17(28)27-7-2-3-8-27/h4-6,9-11H,2-3,7-8H2,1H3,(H,24,25,26). The fourth-order valence-corrected chi connectivity index (χ4v) is 4.20. The summed E-state index contributed by atoms with van der Waals surface area (Å²) in [6, 6.07) is 4.39. The van der Waals surface area contributed by atoms with E-state index in [9.17, 15) is 18.0 Å². The number of aromatic nitrogens is 3. The van der Waals surface area contributed by atoms with Crippen LogP contribution in [0.1, 0.15) is 46.7 Å². The molecule has 3 aromatic rings. The summed E-state index contributed by atoms with van der Waals surface area (Å²) in [4.78, 5) is 26.4. The molecule has 1 unspecified atom stereocenters. The number of nitrogens with zero attached hydrogens (tertiary/aromatic N) is 4. The van der Waals surface area contributed by atoms with Gasteiger partial charge in [-0.25, -0.2) is 9.97 Å². The summed E-state index contributed by atoms with van der Waals surface area (Å²) in [5.41, 5.74) is 0.990. The number of anilines is 1. The summed E-state index contributed by atoms with van der Waals surface area (Å²) in [6.07, 6.45) is 0.576. The summed E-state index contributed by atoms with van der Waals surface area (Å²) in [7, 11) is 0. The average Bonchev–Trinajstić information content (AvgIpc) is 3.37. The molecule has 4 heterocycles. The minimum Gasteiger partial charge on any atom is -0.348 e. The lowest BCUT2D eigenvalue weighted by molar-refractivity contribution is -0.134. The minimum absolute atomic E-state index is 0.0123. The van der Waals surface area contributed by atoms with Crippen LogP contribution in [0.25, 0.3) is 10.2 Å². The van der Waals surface area contributed by atoms with E-state index in [1.165, 1.54) is 0 Å². The molecular formula is C19H18F3N5OS. The highest BCUT2D eigenvalue weighted by Gasteiger charge is 2.35. The highest BCUT2D eigenvalue weighted by Crippen LogP contribution is 2.39. The van der Waals surface area contributed by atoms with Gasteiger partial charge in [0.25, 0.3) is 5.91 Å². The molecular weight excluding hydrogens is 403 g/mol. The van der Waals surface area contributed by atoms with Gasteiger partial charge in [0.1, 0.15) is 4.88 Å². The second-order valence-corrected chi connectivity index (χ2v) is 7.92. The lowest BCUT2D eigenvalue weighted by atomic mass is 10.1. The van der Waals surface area contributed by atoms with Gasteiger partial charge < -0.3 is 10.2 Å². The van der Waals surface area contributed by atoms with Crippen molar-refractivity contribution in [3.05, 3.63) is 46.7 Å². The molecule has 10 heteroatoms. The molecule has 0 saturated carbocycles. The molecule has 1 aliphatic heterocycles. The largest absolute Gasteiger partial charge is 0.425 e. The number of carbonyl (C=O) groups is 1. The van der Waals surface area contributed by atoms with E-state index in [0.717, 1.165) is 24.5 Å². The van der Waals surface area contributed by atoms with Crippen LogP contribution in [0.15, 0.2) is 30.6 Å². The number of pyridine rings is 1. The van der Waals surface area contributed by atoms with Crippen molar-refractivity contribution >= 4 is 33.4 Å². The van der Waals surface area contributed by atoms with Crippen molar-refractivity contribution in [3.63, 3.8) is 0 Å². The monoisotopic (exact) mass is 421 g/mol. The lowest BCUT2D eigenvalue weighted by Gasteiger charge is -2.17. The van der Waals surface area contributed by atoms with Crippen LogP contribution in [-0.4, -0.2) is 38.8 Å². The number of halogens is 3. The Balaban J connectivity index is 1.75. The molecule has 4 rings (SSSR count). The number of nitrogens with one attached hydrogen (secondary N) is 1. The van der Waals surface area contributed by atoms with E-state index < -0.39 is 11.1 Å². The Bertz CT molecular complexity index is 1030. The molecule has 1 fully saturated rings. The quantitative estimate of drug-likeness (QED) is 0.671. The zero-order valence-corrected chi connectivity index (χ0v) is 16.3. The van der Waals surface area contributed by atoms with Gasteiger partial charge in [-0.3, -0.25) is 9.78 Å². The highest BCUT2D eigenvalue weighted by molar-refractivity contribution is 7.19. The summed E-state index contributed by atoms with van der Waals surface area (Å²) in [6.45, 7) is 3.02. The Morgan fingerprint density at radius 2 is 2.03 bits per heavy atom. The third-order valence-electron chi connectivity index (χ3n) is 4.78. The van der Waals surface area contributed by atoms with Crippen molar-refractivity contribution < 1.29 is 18.0 Å². The smallest absolute Gasteiger partial charge is 0.348 e. The maximum absolute atomic E-state index is 13.2. The average molecular weight is 421 g/mol. The SMILES string of the molecule is CC(Nc1nc(C(=O)N2CCCC2)c2sc(C(F)(F)F)cc2n1)c1cccnc1.